The number of aryl methyl sites for hydroxylation is 2. The molecule has 0 saturated heterocycles. The summed E-state index contributed by atoms with van der Waals surface area (Å²) in [6, 6.07) is 21.6. The highest BCUT2D eigenvalue weighted by atomic mass is 35.5. The minimum atomic E-state index is -3.77. The number of unbranched alkanes of at least 4 members (excludes halogenated alkanes) is 1. The number of methoxy groups -OCH3 is 1. The van der Waals surface area contributed by atoms with E-state index in [9.17, 15) is 13.2 Å². The van der Waals surface area contributed by atoms with Crippen molar-refractivity contribution in [2.24, 2.45) is 0 Å². The van der Waals surface area contributed by atoms with E-state index in [1.807, 2.05) is 48.5 Å². The molecule has 3 aromatic rings. The predicted molar refractivity (Wildman–Crippen MR) is 151 cm³/mol. The van der Waals surface area contributed by atoms with Crippen LogP contribution in [0.4, 0.5) is 0 Å². The molecule has 0 aliphatic heterocycles. The summed E-state index contributed by atoms with van der Waals surface area (Å²) in [5, 5.41) is 0.477. The molecule has 0 aliphatic rings. The third kappa shape index (κ3) is 9.46. The van der Waals surface area contributed by atoms with Crippen molar-refractivity contribution < 1.29 is 22.7 Å². The monoisotopic (exact) mass is 557 g/mol. The molecule has 0 fully saturated rings. The first kappa shape index (κ1) is 29.7. The Hall–Kier alpha value is -2.87. The van der Waals surface area contributed by atoms with Crippen LogP contribution >= 0.6 is 11.6 Å². The summed E-state index contributed by atoms with van der Waals surface area (Å²) in [4.78, 5) is 11.5. The van der Waals surface area contributed by atoms with Gasteiger partial charge in [-0.1, -0.05) is 61.3 Å². The van der Waals surface area contributed by atoms with Gasteiger partial charge < -0.3 is 9.47 Å². The van der Waals surface area contributed by atoms with E-state index >= 15 is 0 Å². The highest BCUT2D eigenvalue weighted by Gasteiger charge is 2.22. The third-order valence-electron chi connectivity index (χ3n) is 6.29. The second-order valence-electron chi connectivity index (χ2n) is 9.18. The van der Waals surface area contributed by atoms with Crippen LogP contribution in [0.25, 0.3) is 0 Å². The van der Waals surface area contributed by atoms with Gasteiger partial charge in [-0.2, -0.15) is 0 Å². The zero-order valence-corrected chi connectivity index (χ0v) is 23.6. The maximum Gasteiger partial charge on any atom is 0.305 e. The second kappa shape index (κ2) is 14.9. The molecule has 0 radical (unpaired) electrons. The van der Waals surface area contributed by atoms with Crippen molar-refractivity contribution in [2.75, 3.05) is 13.7 Å². The number of nitrogens with one attached hydrogen (secondary N) is 1. The molecule has 0 heterocycles. The molecule has 0 amide bonds. The van der Waals surface area contributed by atoms with Gasteiger partial charge in [0.25, 0.3) is 0 Å². The number of carbonyl (C=O) groups excluding carboxylic acids is 1. The molecule has 3 aromatic carbocycles. The molecule has 38 heavy (non-hydrogen) atoms. The minimum Gasteiger partial charge on any atom is -0.494 e. The SMILES string of the molecule is CCCCOc1ccc(CCC(NS(=O)(=O)c2ccc(Cl)cc2)c2ccc(CCCC(=O)OC)cc2)cc1. The quantitative estimate of drug-likeness (QED) is 0.167. The lowest BCUT2D eigenvalue weighted by molar-refractivity contribution is -0.140. The van der Waals surface area contributed by atoms with Gasteiger partial charge in [-0.15, -0.1) is 0 Å². The molecule has 0 saturated carbocycles. The van der Waals surface area contributed by atoms with E-state index in [2.05, 4.69) is 11.6 Å². The molecule has 0 aliphatic carbocycles. The molecular weight excluding hydrogens is 522 g/mol. The lowest BCUT2D eigenvalue weighted by Crippen LogP contribution is -2.29. The summed E-state index contributed by atoms with van der Waals surface area (Å²) in [5.41, 5.74) is 3.05. The van der Waals surface area contributed by atoms with Crippen molar-refractivity contribution in [1.82, 2.24) is 4.72 Å². The number of sulfonamides is 1. The van der Waals surface area contributed by atoms with Crippen LogP contribution in [0.15, 0.2) is 77.7 Å². The Morgan fingerprint density at radius 1 is 0.895 bits per heavy atom. The third-order valence-corrected chi connectivity index (χ3v) is 8.03. The number of carbonyl (C=O) groups is 1. The van der Waals surface area contributed by atoms with E-state index < -0.39 is 16.1 Å². The molecule has 6 nitrogen and oxygen atoms in total. The van der Waals surface area contributed by atoms with Crippen molar-refractivity contribution in [2.45, 2.75) is 62.8 Å². The Kier molecular flexibility index (Phi) is 11.6. The van der Waals surface area contributed by atoms with Gasteiger partial charge in [-0.25, -0.2) is 13.1 Å². The van der Waals surface area contributed by atoms with E-state index in [1.54, 1.807) is 12.1 Å². The van der Waals surface area contributed by atoms with Crippen molar-refractivity contribution in [3.63, 3.8) is 0 Å². The van der Waals surface area contributed by atoms with E-state index in [4.69, 9.17) is 21.1 Å². The maximum absolute atomic E-state index is 13.2. The Balaban J connectivity index is 1.73. The first-order valence-electron chi connectivity index (χ1n) is 13.0. The fourth-order valence-corrected chi connectivity index (χ4v) is 5.40. The summed E-state index contributed by atoms with van der Waals surface area (Å²) in [5.74, 6) is 0.615. The molecule has 1 N–H and O–H groups in total. The van der Waals surface area contributed by atoms with Gasteiger partial charge in [-0.05, 0) is 85.2 Å². The smallest absolute Gasteiger partial charge is 0.305 e. The average Bonchev–Trinajstić information content (AvgIpc) is 2.92. The number of ether oxygens (including phenoxy) is 2. The van der Waals surface area contributed by atoms with Gasteiger partial charge in [-0.3, -0.25) is 4.79 Å². The molecule has 0 bridgehead atoms. The second-order valence-corrected chi connectivity index (χ2v) is 11.3. The van der Waals surface area contributed by atoms with E-state index in [0.29, 0.717) is 37.3 Å². The Labute approximate surface area is 231 Å². The zero-order valence-electron chi connectivity index (χ0n) is 22.0. The first-order valence-corrected chi connectivity index (χ1v) is 14.8. The van der Waals surface area contributed by atoms with Gasteiger partial charge in [0.15, 0.2) is 0 Å². The van der Waals surface area contributed by atoms with Gasteiger partial charge in [0, 0.05) is 17.5 Å². The largest absolute Gasteiger partial charge is 0.494 e. The average molecular weight is 558 g/mol. The van der Waals surface area contributed by atoms with Crippen LogP contribution in [0.5, 0.6) is 5.75 Å². The van der Waals surface area contributed by atoms with E-state index in [-0.39, 0.29) is 10.9 Å². The summed E-state index contributed by atoms with van der Waals surface area (Å²) in [7, 11) is -2.38. The van der Waals surface area contributed by atoms with Gasteiger partial charge >= 0.3 is 5.97 Å². The molecule has 8 heteroatoms. The molecule has 0 aromatic heterocycles. The highest BCUT2D eigenvalue weighted by molar-refractivity contribution is 7.89. The number of rotatable bonds is 15. The van der Waals surface area contributed by atoms with Crippen LogP contribution in [0.2, 0.25) is 5.02 Å². The molecule has 3 rings (SSSR count). The zero-order chi connectivity index (χ0) is 27.4. The van der Waals surface area contributed by atoms with Crippen LogP contribution in [0.1, 0.15) is 61.8 Å². The van der Waals surface area contributed by atoms with Crippen LogP contribution < -0.4 is 9.46 Å². The van der Waals surface area contributed by atoms with Crippen molar-refractivity contribution in [1.29, 1.82) is 0 Å². The minimum absolute atomic E-state index is 0.167. The fraction of sp³-hybridized carbons (Fsp3) is 0.367. The summed E-state index contributed by atoms with van der Waals surface area (Å²) < 4.78 is 39.7. The van der Waals surface area contributed by atoms with Crippen molar-refractivity contribution >= 4 is 27.6 Å². The van der Waals surface area contributed by atoms with Crippen LogP contribution in [0, 0.1) is 0 Å². The Morgan fingerprint density at radius 3 is 2.16 bits per heavy atom. The van der Waals surface area contributed by atoms with Gasteiger partial charge in [0.1, 0.15) is 5.75 Å². The lowest BCUT2D eigenvalue weighted by atomic mass is 9.98. The Bertz CT molecular complexity index is 1240. The number of benzene rings is 3. The van der Waals surface area contributed by atoms with Crippen LogP contribution in [-0.4, -0.2) is 28.1 Å². The highest BCUT2D eigenvalue weighted by Crippen LogP contribution is 2.25. The molecular formula is C30H36ClNO5S. The summed E-state index contributed by atoms with van der Waals surface area (Å²) in [6.07, 6.45) is 5.15. The van der Waals surface area contributed by atoms with Crippen LogP contribution in [-0.2, 0) is 32.4 Å². The Morgan fingerprint density at radius 2 is 1.53 bits per heavy atom. The normalized spacial score (nSPS) is 12.2. The van der Waals surface area contributed by atoms with Crippen LogP contribution in [0.3, 0.4) is 0 Å². The number of hydrogen-bond donors (Lipinski definition) is 1. The van der Waals surface area contributed by atoms with Gasteiger partial charge in [0.2, 0.25) is 10.0 Å². The van der Waals surface area contributed by atoms with Gasteiger partial charge in [0.05, 0.1) is 18.6 Å². The van der Waals surface area contributed by atoms with E-state index in [0.717, 1.165) is 41.7 Å². The summed E-state index contributed by atoms with van der Waals surface area (Å²) in [6.45, 7) is 2.83. The molecule has 204 valence electrons. The molecule has 1 atom stereocenters. The fourth-order valence-electron chi connectivity index (χ4n) is 4.02. The predicted octanol–water partition coefficient (Wildman–Crippen LogP) is 6.67. The standard InChI is InChI=1S/C30H36ClNO5S/c1-3-4-22-37-27-17-10-24(11-18-27)12-21-29(32-38(34,35)28-19-15-26(31)16-20-28)25-13-8-23(9-14-25)6-5-7-30(33)36-2/h8-11,13-20,29,32H,3-7,12,21-22H2,1-2H3. The summed E-state index contributed by atoms with van der Waals surface area (Å²) >= 11 is 5.95. The molecule has 0 spiro atoms. The topological polar surface area (TPSA) is 81.7 Å². The maximum atomic E-state index is 13.2. The number of hydrogen-bond acceptors (Lipinski definition) is 5. The lowest BCUT2D eigenvalue weighted by Gasteiger charge is -2.20. The van der Waals surface area contributed by atoms with Crippen molar-refractivity contribution in [3.8, 4) is 5.75 Å². The van der Waals surface area contributed by atoms with Crippen molar-refractivity contribution in [3.05, 3.63) is 94.5 Å². The number of esters is 1. The number of halogens is 1. The molecule has 1 unspecified atom stereocenters. The first-order chi connectivity index (χ1) is 18.3. The van der Waals surface area contributed by atoms with E-state index in [1.165, 1.54) is 19.2 Å².